The number of ether oxygens (including phenoxy) is 1. The molecule has 1 saturated heterocycles. The largest absolute Gasteiger partial charge is 0.376 e. The first kappa shape index (κ1) is 13.8. The zero-order chi connectivity index (χ0) is 13.8. The third-order valence-electron chi connectivity index (χ3n) is 3.38. The second-order valence-electron chi connectivity index (χ2n) is 5.06. The Kier molecular flexibility index (Phi) is 4.37. The molecule has 1 aromatic rings. The number of carbonyl (C=O) groups excluding carboxylic acids is 1. The van der Waals surface area contributed by atoms with Crippen LogP contribution in [0.25, 0.3) is 0 Å². The second kappa shape index (κ2) is 6.02. The van der Waals surface area contributed by atoms with Crippen molar-refractivity contribution in [2.45, 2.75) is 32.3 Å². The zero-order valence-electron chi connectivity index (χ0n) is 11.4. The van der Waals surface area contributed by atoms with Crippen LogP contribution in [-0.4, -0.2) is 42.1 Å². The van der Waals surface area contributed by atoms with Crippen molar-refractivity contribution in [3.8, 4) is 0 Å². The van der Waals surface area contributed by atoms with E-state index in [2.05, 4.69) is 4.98 Å². The molecule has 1 fully saturated rings. The van der Waals surface area contributed by atoms with Crippen molar-refractivity contribution >= 4 is 5.91 Å². The molecule has 5 heteroatoms. The van der Waals surface area contributed by atoms with Gasteiger partial charge in [0, 0.05) is 25.9 Å². The Bertz CT molecular complexity index is 504. The molecule has 1 N–H and O–H groups in total. The molecule has 0 aromatic carbocycles. The van der Waals surface area contributed by atoms with E-state index in [1.54, 1.807) is 31.0 Å². The fraction of sp³-hybridized carbons (Fsp3) is 0.571. The minimum Gasteiger partial charge on any atom is -0.376 e. The van der Waals surface area contributed by atoms with E-state index in [1.165, 1.54) is 0 Å². The molecule has 1 aliphatic heterocycles. The van der Waals surface area contributed by atoms with Crippen LogP contribution in [0.5, 0.6) is 0 Å². The maximum atomic E-state index is 12.2. The molecule has 1 atom stereocenters. The van der Waals surface area contributed by atoms with Gasteiger partial charge in [-0.1, -0.05) is 0 Å². The number of carbonyl (C=O) groups is 1. The molecule has 0 saturated carbocycles. The van der Waals surface area contributed by atoms with Crippen LogP contribution in [0, 0.1) is 6.92 Å². The molecule has 0 radical (unpaired) electrons. The SMILES string of the molecule is Cc1ccc(C(=O)N(C)CC2CCCCO2)c(=O)[nH]1. The fourth-order valence-electron chi connectivity index (χ4n) is 2.29. The highest BCUT2D eigenvalue weighted by Crippen LogP contribution is 2.14. The van der Waals surface area contributed by atoms with Crippen molar-refractivity contribution in [3.63, 3.8) is 0 Å². The quantitative estimate of drug-likeness (QED) is 0.895. The van der Waals surface area contributed by atoms with Gasteiger partial charge in [-0.05, 0) is 38.3 Å². The topological polar surface area (TPSA) is 62.4 Å². The lowest BCUT2D eigenvalue weighted by Crippen LogP contribution is -2.39. The van der Waals surface area contributed by atoms with Crippen LogP contribution in [0.15, 0.2) is 16.9 Å². The Morgan fingerprint density at radius 3 is 2.89 bits per heavy atom. The minimum atomic E-state index is -0.332. The van der Waals surface area contributed by atoms with Gasteiger partial charge in [0.15, 0.2) is 0 Å². The second-order valence-corrected chi connectivity index (χ2v) is 5.06. The predicted octanol–water partition coefficient (Wildman–Crippen LogP) is 1.32. The van der Waals surface area contributed by atoms with Gasteiger partial charge in [0.1, 0.15) is 5.56 Å². The monoisotopic (exact) mass is 264 g/mol. The number of aromatic nitrogens is 1. The lowest BCUT2D eigenvalue weighted by molar-refractivity contribution is -0.000221. The van der Waals surface area contributed by atoms with Crippen molar-refractivity contribution < 1.29 is 9.53 Å². The molecule has 0 aliphatic carbocycles. The van der Waals surface area contributed by atoms with Gasteiger partial charge in [0.25, 0.3) is 11.5 Å². The third kappa shape index (κ3) is 3.44. The molecular weight excluding hydrogens is 244 g/mol. The summed E-state index contributed by atoms with van der Waals surface area (Å²) in [6.45, 7) is 3.08. The number of amides is 1. The van der Waals surface area contributed by atoms with E-state index in [0.29, 0.717) is 6.54 Å². The van der Waals surface area contributed by atoms with Crippen LogP contribution >= 0.6 is 0 Å². The highest BCUT2D eigenvalue weighted by molar-refractivity contribution is 5.93. The molecule has 0 bridgehead atoms. The number of aromatic amines is 1. The van der Waals surface area contributed by atoms with Crippen molar-refractivity contribution in [3.05, 3.63) is 33.7 Å². The van der Waals surface area contributed by atoms with Gasteiger partial charge in [0.2, 0.25) is 0 Å². The van der Waals surface area contributed by atoms with Crippen LogP contribution in [0.3, 0.4) is 0 Å². The standard InChI is InChI=1S/C14H20N2O3/c1-10-6-7-12(13(17)15-10)14(18)16(2)9-11-5-3-4-8-19-11/h6-7,11H,3-5,8-9H2,1-2H3,(H,15,17). The zero-order valence-corrected chi connectivity index (χ0v) is 11.4. The molecule has 2 heterocycles. The maximum absolute atomic E-state index is 12.2. The van der Waals surface area contributed by atoms with E-state index in [-0.39, 0.29) is 23.1 Å². The lowest BCUT2D eigenvalue weighted by atomic mass is 10.1. The van der Waals surface area contributed by atoms with E-state index in [4.69, 9.17) is 4.74 Å². The number of pyridine rings is 1. The van der Waals surface area contributed by atoms with E-state index in [9.17, 15) is 9.59 Å². The van der Waals surface area contributed by atoms with Crippen molar-refractivity contribution in [2.24, 2.45) is 0 Å². The number of nitrogens with zero attached hydrogens (tertiary/aromatic N) is 1. The smallest absolute Gasteiger partial charge is 0.260 e. The summed E-state index contributed by atoms with van der Waals surface area (Å²) < 4.78 is 5.60. The van der Waals surface area contributed by atoms with Crippen LogP contribution in [0.1, 0.15) is 35.3 Å². The maximum Gasteiger partial charge on any atom is 0.260 e. The fourth-order valence-corrected chi connectivity index (χ4v) is 2.29. The Morgan fingerprint density at radius 1 is 1.47 bits per heavy atom. The summed E-state index contributed by atoms with van der Waals surface area (Å²) in [6, 6.07) is 3.31. The number of aryl methyl sites for hydroxylation is 1. The molecule has 19 heavy (non-hydrogen) atoms. The number of rotatable bonds is 3. The lowest BCUT2D eigenvalue weighted by Gasteiger charge is -2.27. The number of likely N-dealkylation sites (N-methyl/N-ethyl adjacent to an activating group) is 1. The van der Waals surface area contributed by atoms with Crippen molar-refractivity contribution in [1.29, 1.82) is 0 Å². The summed E-state index contributed by atoms with van der Waals surface area (Å²) >= 11 is 0. The molecule has 1 aromatic heterocycles. The molecular formula is C14H20N2O3. The highest BCUT2D eigenvalue weighted by Gasteiger charge is 2.21. The Morgan fingerprint density at radius 2 is 2.26 bits per heavy atom. The molecule has 5 nitrogen and oxygen atoms in total. The Hall–Kier alpha value is -1.62. The van der Waals surface area contributed by atoms with Gasteiger partial charge in [-0.25, -0.2) is 0 Å². The van der Waals surface area contributed by atoms with E-state index < -0.39 is 0 Å². The van der Waals surface area contributed by atoms with E-state index in [1.807, 2.05) is 0 Å². The van der Waals surface area contributed by atoms with Gasteiger partial charge in [-0.15, -0.1) is 0 Å². The van der Waals surface area contributed by atoms with Gasteiger partial charge in [0.05, 0.1) is 6.10 Å². The summed E-state index contributed by atoms with van der Waals surface area (Å²) in [5.41, 5.74) is 0.602. The molecule has 2 rings (SSSR count). The van der Waals surface area contributed by atoms with Gasteiger partial charge >= 0.3 is 0 Å². The van der Waals surface area contributed by atoms with Gasteiger partial charge in [-0.3, -0.25) is 9.59 Å². The Labute approximate surface area is 112 Å². The number of H-pyrrole nitrogens is 1. The summed E-state index contributed by atoms with van der Waals surface area (Å²) in [7, 11) is 1.71. The number of nitrogens with one attached hydrogen (secondary N) is 1. The van der Waals surface area contributed by atoms with Crippen LogP contribution in [-0.2, 0) is 4.74 Å². The summed E-state index contributed by atoms with van der Waals surface area (Å²) in [5, 5.41) is 0. The first-order chi connectivity index (χ1) is 9.08. The minimum absolute atomic E-state index is 0.0900. The summed E-state index contributed by atoms with van der Waals surface area (Å²) in [5.74, 6) is -0.254. The van der Waals surface area contributed by atoms with E-state index in [0.717, 1.165) is 31.6 Å². The van der Waals surface area contributed by atoms with Crippen molar-refractivity contribution in [2.75, 3.05) is 20.2 Å². The summed E-state index contributed by atoms with van der Waals surface area (Å²) in [4.78, 5) is 28.2. The molecule has 1 amide bonds. The third-order valence-corrected chi connectivity index (χ3v) is 3.38. The normalized spacial score (nSPS) is 19.2. The molecule has 0 spiro atoms. The predicted molar refractivity (Wildman–Crippen MR) is 72.4 cm³/mol. The van der Waals surface area contributed by atoms with Crippen molar-refractivity contribution in [1.82, 2.24) is 9.88 Å². The summed E-state index contributed by atoms with van der Waals surface area (Å²) in [6.07, 6.45) is 3.29. The first-order valence-electron chi connectivity index (χ1n) is 6.65. The first-order valence-corrected chi connectivity index (χ1v) is 6.65. The highest BCUT2D eigenvalue weighted by atomic mass is 16.5. The Balaban J connectivity index is 2.03. The van der Waals surface area contributed by atoms with Crippen LogP contribution < -0.4 is 5.56 Å². The average molecular weight is 264 g/mol. The van der Waals surface area contributed by atoms with Gasteiger partial charge < -0.3 is 14.6 Å². The van der Waals surface area contributed by atoms with E-state index >= 15 is 0 Å². The molecule has 104 valence electrons. The molecule has 1 unspecified atom stereocenters. The number of hydrogen-bond donors (Lipinski definition) is 1. The van der Waals surface area contributed by atoms with Crippen LogP contribution in [0.2, 0.25) is 0 Å². The van der Waals surface area contributed by atoms with Crippen LogP contribution in [0.4, 0.5) is 0 Å². The molecule has 1 aliphatic rings. The average Bonchev–Trinajstić information content (AvgIpc) is 2.39. The number of hydrogen-bond acceptors (Lipinski definition) is 3. The van der Waals surface area contributed by atoms with Gasteiger partial charge in [-0.2, -0.15) is 0 Å².